The number of para-hydroxylation sites is 2. The number of nitrogens with zero attached hydrogens (tertiary/aromatic N) is 3. The fraction of sp³-hybridized carbons (Fsp3) is 0.318. The molecule has 150 valence electrons. The maximum atomic E-state index is 13.3. The number of nitrogens with one attached hydrogen (secondary N) is 1. The number of hydrogen-bond acceptors (Lipinski definition) is 5. The number of amides is 1. The van der Waals surface area contributed by atoms with E-state index in [-0.39, 0.29) is 17.6 Å². The molecule has 0 aliphatic carbocycles. The van der Waals surface area contributed by atoms with Crippen molar-refractivity contribution in [2.45, 2.75) is 19.8 Å². The maximum Gasteiger partial charge on any atom is 0.257 e. The van der Waals surface area contributed by atoms with Gasteiger partial charge in [0.1, 0.15) is 5.82 Å². The number of aromatic nitrogens is 2. The van der Waals surface area contributed by atoms with Crippen molar-refractivity contribution in [2.24, 2.45) is 5.92 Å². The van der Waals surface area contributed by atoms with Gasteiger partial charge in [0, 0.05) is 18.8 Å². The quantitative estimate of drug-likeness (QED) is 0.726. The lowest BCUT2D eigenvalue weighted by Crippen LogP contribution is -2.41. The molecule has 2 heterocycles. The SMILES string of the molecule is COc1nc2ccccc2nc1N1CCC[C@H](C(=O)Nc2ccc(F)cc2C)C1. The molecule has 3 aromatic rings. The van der Waals surface area contributed by atoms with Gasteiger partial charge in [0.2, 0.25) is 5.91 Å². The van der Waals surface area contributed by atoms with Crippen LogP contribution in [0.5, 0.6) is 5.88 Å². The zero-order chi connectivity index (χ0) is 20.4. The number of carbonyl (C=O) groups excluding carboxylic acids is 1. The topological polar surface area (TPSA) is 67.4 Å². The summed E-state index contributed by atoms with van der Waals surface area (Å²) in [6.45, 7) is 3.08. The van der Waals surface area contributed by atoms with Gasteiger partial charge in [-0.1, -0.05) is 12.1 Å². The summed E-state index contributed by atoms with van der Waals surface area (Å²) in [5, 5.41) is 2.94. The highest BCUT2D eigenvalue weighted by atomic mass is 19.1. The molecule has 0 saturated carbocycles. The van der Waals surface area contributed by atoms with Crippen LogP contribution in [0.1, 0.15) is 18.4 Å². The van der Waals surface area contributed by atoms with Gasteiger partial charge >= 0.3 is 0 Å². The molecular formula is C22H23FN4O2. The molecule has 1 amide bonds. The van der Waals surface area contributed by atoms with Crippen LogP contribution in [0, 0.1) is 18.7 Å². The minimum absolute atomic E-state index is 0.0721. The molecule has 1 N–H and O–H groups in total. The molecule has 0 radical (unpaired) electrons. The minimum atomic E-state index is -0.314. The third-order valence-electron chi connectivity index (χ3n) is 5.25. The highest BCUT2D eigenvalue weighted by Gasteiger charge is 2.29. The number of halogens is 1. The lowest BCUT2D eigenvalue weighted by Gasteiger charge is -2.33. The molecule has 1 aromatic heterocycles. The highest BCUT2D eigenvalue weighted by molar-refractivity contribution is 5.93. The first-order valence-corrected chi connectivity index (χ1v) is 9.68. The summed E-state index contributed by atoms with van der Waals surface area (Å²) >= 11 is 0. The Hall–Kier alpha value is -3.22. The van der Waals surface area contributed by atoms with E-state index < -0.39 is 0 Å². The lowest BCUT2D eigenvalue weighted by atomic mass is 9.97. The largest absolute Gasteiger partial charge is 0.478 e. The number of ether oxygens (including phenoxy) is 1. The van der Waals surface area contributed by atoms with E-state index in [1.165, 1.54) is 12.1 Å². The molecule has 0 unspecified atom stereocenters. The summed E-state index contributed by atoms with van der Waals surface area (Å²) in [6, 6.07) is 12.0. The van der Waals surface area contributed by atoms with Crippen molar-refractivity contribution in [1.29, 1.82) is 0 Å². The molecule has 4 rings (SSSR count). The van der Waals surface area contributed by atoms with Crippen molar-refractivity contribution < 1.29 is 13.9 Å². The van der Waals surface area contributed by atoms with Crippen molar-refractivity contribution >= 4 is 28.4 Å². The van der Waals surface area contributed by atoms with Crippen molar-refractivity contribution in [3.05, 3.63) is 53.8 Å². The summed E-state index contributed by atoms with van der Waals surface area (Å²) in [7, 11) is 1.58. The van der Waals surface area contributed by atoms with Gasteiger partial charge in [-0.3, -0.25) is 4.79 Å². The van der Waals surface area contributed by atoms with Gasteiger partial charge in [0.05, 0.1) is 24.1 Å². The average Bonchev–Trinajstić information content (AvgIpc) is 2.74. The molecular weight excluding hydrogens is 371 g/mol. The predicted molar refractivity (Wildman–Crippen MR) is 111 cm³/mol. The standard InChI is InChI=1S/C22H23FN4O2/c1-14-12-16(23)9-10-17(14)25-21(28)15-6-5-11-27(13-15)20-22(29-2)26-19-8-4-3-7-18(19)24-20/h3-4,7-10,12,15H,5-6,11,13H2,1-2H3,(H,25,28)/t15-/m0/s1. The van der Waals surface area contributed by atoms with Crippen molar-refractivity contribution in [3.63, 3.8) is 0 Å². The number of hydrogen-bond donors (Lipinski definition) is 1. The molecule has 29 heavy (non-hydrogen) atoms. The van der Waals surface area contributed by atoms with Gasteiger partial charge < -0.3 is 15.0 Å². The highest BCUT2D eigenvalue weighted by Crippen LogP contribution is 2.31. The second-order valence-corrected chi connectivity index (χ2v) is 7.28. The smallest absolute Gasteiger partial charge is 0.257 e. The molecule has 7 heteroatoms. The van der Waals surface area contributed by atoms with E-state index >= 15 is 0 Å². The number of aryl methyl sites for hydroxylation is 1. The van der Waals surface area contributed by atoms with E-state index in [2.05, 4.69) is 15.2 Å². The van der Waals surface area contributed by atoms with Crippen molar-refractivity contribution in [1.82, 2.24) is 9.97 Å². The number of rotatable bonds is 4. The van der Waals surface area contributed by atoms with Crippen molar-refractivity contribution in [3.8, 4) is 5.88 Å². The third-order valence-corrected chi connectivity index (χ3v) is 5.25. The van der Waals surface area contributed by atoms with E-state index in [0.29, 0.717) is 29.5 Å². The van der Waals surface area contributed by atoms with Crippen LogP contribution in [0.25, 0.3) is 11.0 Å². The van der Waals surface area contributed by atoms with Crippen molar-refractivity contribution in [2.75, 3.05) is 30.4 Å². The van der Waals surface area contributed by atoms with Crippen LogP contribution in [0.4, 0.5) is 15.9 Å². The van der Waals surface area contributed by atoms with Crippen LogP contribution in [-0.4, -0.2) is 36.1 Å². The Morgan fingerprint density at radius 3 is 2.69 bits per heavy atom. The Morgan fingerprint density at radius 1 is 1.21 bits per heavy atom. The van der Waals surface area contributed by atoms with Crippen LogP contribution in [0.2, 0.25) is 0 Å². The normalized spacial score (nSPS) is 16.7. The van der Waals surface area contributed by atoms with Gasteiger partial charge in [-0.2, -0.15) is 0 Å². The molecule has 1 atom stereocenters. The van der Waals surface area contributed by atoms with Crippen LogP contribution >= 0.6 is 0 Å². The van der Waals surface area contributed by atoms with Gasteiger partial charge in [-0.15, -0.1) is 0 Å². The first-order valence-electron chi connectivity index (χ1n) is 9.68. The number of anilines is 2. The van der Waals surface area contributed by atoms with E-state index in [4.69, 9.17) is 9.72 Å². The first-order chi connectivity index (χ1) is 14.0. The Kier molecular flexibility index (Phi) is 5.29. The summed E-state index contributed by atoms with van der Waals surface area (Å²) in [6.07, 6.45) is 1.64. The number of carbonyl (C=O) groups is 1. The van der Waals surface area contributed by atoms with Gasteiger partial charge in [-0.25, -0.2) is 14.4 Å². The van der Waals surface area contributed by atoms with Gasteiger partial charge in [0.25, 0.3) is 5.88 Å². The second-order valence-electron chi connectivity index (χ2n) is 7.28. The molecule has 1 saturated heterocycles. The molecule has 0 spiro atoms. The van der Waals surface area contributed by atoms with E-state index in [9.17, 15) is 9.18 Å². The Balaban J connectivity index is 1.55. The van der Waals surface area contributed by atoms with E-state index in [1.54, 1.807) is 20.1 Å². The van der Waals surface area contributed by atoms with Crippen LogP contribution in [-0.2, 0) is 4.79 Å². The first kappa shape index (κ1) is 19.1. The predicted octanol–water partition coefficient (Wildman–Crippen LogP) is 3.94. The molecule has 2 aromatic carbocycles. The summed E-state index contributed by atoms with van der Waals surface area (Å²) in [5.74, 6) is 0.524. The monoisotopic (exact) mass is 394 g/mol. The van der Waals surface area contributed by atoms with Crippen LogP contribution in [0.15, 0.2) is 42.5 Å². The number of benzene rings is 2. The molecule has 0 bridgehead atoms. The fourth-order valence-electron chi connectivity index (χ4n) is 3.70. The lowest BCUT2D eigenvalue weighted by molar-refractivity contribution is -0.120. The summed E-state index contributed by atoms with van der Waals surface area (Å²) < 4.78 is 18.8. The van der Waals surface area contributed by atoms with Gasteiger partial charge in [-0.05, 0) is 55.7 Å². The van der Waals surface area contributed by atoms with E-state index in [1.807, 2.05) is 24.3 Å². The summed E-state index contributed by atoms with van der Waals surface area (Å²) in [4.78, 5) is 24.2. The minimum Gasteiger partial charge on any atom is -0.478 e. The molecule has 1 fully saturated rings. The van der Waals surface area contributed by atoms with Crippen LogP contribution < -0.4 is 15.0 Å². The number of piperidine rings is 1. The van der Waals surface area contributed by atoms with E-state index in [0.717, 1.165) is 30.4 Å². The molecule has 1 aliphatic heterocycles. The Morgan fingerprint density at radius 2 is 1.97 bits per heavy atom. The summed E-state index contributed by atoms with van der Waals surface area (Å²) in [5.41, 5.74) is 2.90. The van der Waals surface area contributed by atoms with Crippen LogP contribution in [0.3, 0.4) is 0 Å². The Bertz CT molecular complexity index is 1060. The molecule has 6 nitrogen and oxygen atoms in total. The zero-order valence-corrected chi connectivity index (χ0v) is 16.5. The second kappa shape index (κ2) is 8.03. The zero-order valence-electron chi connectivity index (χ0n) is 16.5. The molecule has 1 aliphatic rings. The average molecular weight is 394 g/mol. The number of fused-ring (bicyclic) bond motifs is 1. The van der Waals surface area contributed by atoms with Gasteiger partial charge in [0.15, 0.2) is 5.82 Å². The Labute approximate surface area is 168 Å². The maximum absolute atomic E-state index is 13.3. The number of methoxy groups -OCH3 is 1. The third kappa shape index (κ3) is 3.99. The fourth-order valence-corrected chi connectivity index (χ4v) is 3.70.